The maximum absolute atomic E-state index is 10.5. The van der Waals surface area contributed by atoms with Crippen molar-refractivity contribution in [3.63, 3.8) is 0 Å². The molecule has 0 radical (unpaired) electrons. The summed E-state index contributed by atoms with van der Waals surface area (Å²) in [6.45, 7) is 1.92. The summed E-state index contributed by atoms with van der Waals surface area (Å²) in [5.41, 5.74) is 1.63. The highest BCUT2D eigenvalue weighted by molar-refractivity contribution is 5.83. The van der Waals surface area contributed by atoms with Gasteiger partial charge in [0.1, 0.15) is 11.3 Å². The molecule has 0 bridgehead atoms. The van der Waals surface area contributed by atoms with Crippen molar-refractivity contribution >= 4 is 17.0 Å². The first kappa shape index (κ1) is 9.37. The van der Waals surface area contributed by atoms with Gasteiger partial charge in [-0.25, -0.2) is 4.79 Å². The molecule has 1 aromatic heterocycles. The number of hydrogen-bond donors (Lipinski definition) is 0. The molecule has 1 aliphatic rings. The minimum Gasteiger partial charge on any atom is -0.461 e. The minimum absolute atomic E-state index is 0.322. The topological polar surface area (TPSA) is 42.6 Å². The third kappa shape index (κ3) is 1.22. The van der Waals surface area contributed by atoms with Crippen LogP contribution in [0.2, 0.25) is 0 Å². The van der Waals surface area contributed by atoms with Gasteiger partial charge in [-0.1, -0.05) is 12.1 Å². The summed E-state index contributed by atoms with van der Waals surface area (Å²) in [5.74, 6) is 0.883. The highest BCUT2D eigenvalue weighted by Crippen LogP contribution is 2.51. The number of fused-ring (bicyclic) bond motifs is 1. The van der Waals surface area contributed by atoms with Gasteiger partial charge >= 0.3 is 0 Å². The van der Waals surface area contributed by atoms with Gasteiger partial charge in [-0.2, -0.15) is 4.99 Å². The van der Waals surface area contributed by atoms with Gasteiger partial charge in [0.15, 0.2) is 0 Å². The van der Waals surface area contributed by atoms with Crippen LogP contribution in [0.3, 0.4) is 0 Å². The Labute approximate surface area is 92.8 Å². The Balaban J connectivity index is 2.27. The number of aliphatic imine (C=N–C) groups is 1. The van der Waals surface area contributed by atoms with E-state index in [1.54, 1.807) is 6.08 Å². The number of nitrogens with zero attached hydrogens (tertiary/aromatic N) is 1. The molecule has 0 atom stereocenters. The predicted molar refractivity (Wildman–Crippen MR) is 60.0 cm³/mol. The molecular weight excluding hydrogens is 202 g/mol. The SMILES string of the molecule is Cc1cc2c(C3(N=C=O)CC3)cccc2o1. The van der Waals surface area contributed by atoms with Gasteiger partial charge < -0.3 is 4.42 Å². The zero-order chi connectivity index (χ0) is 11.2. The monoisotopic (exact) mass is 213 g/mol. The van der Waals surface area contributed by atoms with Gasteiger partial charge in [0, 0.05) is 5.39 Å². The number of benzene rings is 1. The zero-order valence-corrected chi connectivity index (χ0v) is 8.99. The Hall–Kier alpha value is -1.86. The molecular formula is C13H11NO2. The summed E-state index contributed by atoms with van der Waals surface area (Å²) in [6, 6.07) is 7.91. The summed E-state index contributed by atoms with van der Waals surface area (Å²) in [6.07, 6.45) is 3.53. The third-order valence-corrected chi connectivity index (χ3v) is 3.17. The molecule has 80 valence electrons. The molecule has 1 fully saturated rings. The number of hydrogen-bond acceptors (Lipinski definition) is 3. The van der Waals surface area contributed by atoms with Gasteiger partial charge in [0.2, 0.25) is 6.08 Å². The summed E-state index contributed by atoms with van der Waals surface area (Å²) in [7, 11) is 0. The second kappa shape index (κ2) is 3.06. The van der Waals surface area contributed by atoms with Crippen molar-refractivity contribution in [2.24, 2.45) is 4.99 Å². The van der Waals surface area contributed by atoms with E-state index in [1.165, 1.54) is 0 Å². The van der Waals surface area contributed by atoms with E-state index in [9.17, 15) is 4.79 Å². The van der Waals surface area contributed by atoms with Crippen LogP contribution >= 0.6 is 0 Å². The molecule has 0 aliphatic heterocycles. The first-order chi connectivity index (χ1) is 7.75. The lowest BCUT2D eigenvalue weighted by Crippen LogP contribution is -2.02. The number of rotatable bonds is 2. The van der Waals surface area contributed by atoms with Crippen LogP contribution in [0.15, 0.2) is 33.7 Å². The van der Waals surface area contributed by atoms with Crippen molar-refractivity contribution in [3.8, 4) is 0 Å². The van der Waals surface area contributed by atoms with Crippen LogP contribution in [0, 0.1) is 6.92 Å². The molecule has 0 unspecified atom stereocenters. The second-order valence-electron chi connectivity index (χ2n) is 4.31. The quantitative estimate of drug-likeness (QED) is 0.568. The van der Waals surface area contributed by atoms with Crippen LogP contribution in [0.1, 0.15) is 24.2 Å². The summed E-state index contributed by atoms with van der Waals surface area (Å²) >= 11 is 0. The lowest BCUT2D eigenvalue weighted by Gasteiger charge is -2.08. The van der Waals surface area contributed by atoms with Crippen LogP contribution in [-0.2, 0) is 10.3 Å². The Kier molecular flexibility index (Phi) is 1.79. The highest BCUT2D eigenvalue weighted by atomic mass is 16.3. The lowest BCUT2D eigenvalue weighted by molar-refractivity contribution is 0.556. The normalized spacial score (nSPS) is 17.1. The maximum Gasteiger partial charge on any atom is 0.235 e. The summed E-state index contributed by atoms with van der Waals surface area (Å²) < 4.78 is 5.57. The van der Waals surface area contributed by atoms with Gasteiger partial charge in [-0.15, -0.1) is 0 Å². The van der Waals surface area contributed by atoms with Crippen LogP contribution in [0.5, 0.6) is 0 Å². The van der Waals surface area contributed by atoms with Gasteiger partial charge in [0.05, 0.1) is 5.54 Å². The van der Waals surface area contributed by atoms with Crippen LogP contribution in [-0.4, -0.2) is 6.08 Å². The van der Waals surface area contributed by atoms with Crippen LogP contribution in [0.4, 0.5) is 0 Å². The Morgan fingerprint density at radius 2 is 2.25 bits per heavy atom. The van der Waals surface area contributed by atoms with Crippen molar-refractivity contribution < 1.29 is 9.21 Å². The van der Waals surface area contributed by atoms with Crippen LogP contribution in [0.25, 0.3) is 11.0 Å². The van der Waals surface area contributed by atoms with E-state index in [2.05, 4.69) is 4.99 Å². The predicted octanol–water partition coefficient (Wildman–Crippen LogP) is 3.07. The largest absolute Gasteiger partial charge is 0.461 e. The van der Waals surface area contributed by atoms with Crippen molar-refractivity contribution in [1.29, 1.82) is 0 Å². The fourth-order valence-corrected chi connectivity index (χ4v) is 2.24. The Morgan fingerprint density at radius 3 is 2.94 bits per heavy atom. The van der Waals surface area contributed by atoms with Crippen molar-refractivity contribution in [2.45, 2.75) is 25.3 Å². The molecule has 3 nitrogen and oxygen atoms in total. The molecule has 3 heteroatoms. The average Bonchev–Trinajstić information content (AvgIpc) is 2.92. The molecule has 2 aromatic rings. The number of furan rings is 1. The highest BCUT2D eigenvalue weighted by Gasteiger charge is 2.46. The lowest BCUT2D eigenvalue weighted by atomic mass is 10.0. The smallest absolute Gasteiger partial charge is 0.235 e. The van der Waals surface area contributed by atoms with E-state index in [0.717, 1.165) is 35.1 Å². The molecule has 1 heterocycles. The van der Waals surface area contributed by atoms with E-state index >= 15 is 0 Å². The van der Waals surface area contributed by atoms with Crippen molar-refractivity contribution in [1.82, 2.24) is 0 Å². The second-order valence-corrected chi connectivity index (χ2v) is 4.31. The molecule has 0 saturated heterocycles. The molecule has 1 saturated carbocycles. The average molecular weight is 213 g/mol. The Morgan fingerprint density at radius 1 is 1.44 bits per heavy atom. The van der Waals surface area contributed by atoms with Gasteiger partial charge in [-0.3, -0.25) is 0 Å². The van der Waals surface area contributed by atoms with E-state index in [4.69, 9.17) is 4.42 Å². The molecule has 0 N–H and O–H groups in total. The molecule has 0 amide bonds. The Bertz CT molecular complexity index is 601. The summed E-state index contributed by atoms with van der Waals surface area (Å²) in [5, 5.41) is 1.07. The number of aryl methyl sites for hydroxylation is 1. The van der Waals surface area contributed by atoms with Crippen molar-refractivity contribution in [3.05, 3.63) is 35.6 Å². The van der Waals surface area contributed by atoms with Crippen molar-refractivity contribution in [2.75, 3.05) is 0 Å². The zero-order valence-electron chi connectivity index (χ0n) is 8.99. The number of isocyanates is 1. The van der Waals surface area contributed by atoms with E-state index in [0.29, 0.717) is 0 Å². The molecule has 3 rings (SSSR count). The maximum atomic E-state index is 10.5. The minimum atomic E-state index is -0.322. The molecule has 1 aromatic carbocycles. The van der Waals surface area contributed by atoms with E-state index in [1.807, 2.05) is 31.2 Å². The fourth-order valence-electron chi connectivity index (χ4n) is 2.24. The number of carbonyl (C=O) groups excluding carboxylic acids is 1. The molecule has 0 spiro atoms. The van der Waals surface area contributed by atoms with E-state index < -0.39 is 0 Å². The fraction of sp³-hybridized carbons (Fsp3) is 0.308. The standard InChI is InChI=1S/C13H11NO2/c1-9-7-10-11(3-2-4-12(10)16-9)13(5-6-13)14-8-15/h2-4,7H,5-6H2,1H3. The first-order valence-corrected chi connectivity index (χ1v) is 5.34. The van der Waals surface area contributed by atoms with Gasteiger partial charge in [0.25, 0.3) is 0 Å². The van der Waals surface area contributed by atoms with Crippen LogP contribution < -0.4 is 0 Å². The molecule has 16 heavy (non-hydrogen) atoms. The first-order valence-electron chi connectivity index (χ1n) is 5.34. The molecule has 1 aliphatic carbocycles. The van der Waals surface area contributed by atoms with E-state index in [-0.39, 0.29) is 5.54 Å². The van der Waals surface area contributed by atoms with Gasteiger partial charge in [-0.05, 0) is 37.5 Å². The summed E-state index contributed by atoms with van der Waals surface area (Å²) in [4.78, 5) is 14.4. The third-order valence-electron chi connectivity index (χ3n) is 3.17.